The van der Waals surface area contributed by atoms with Crippen molar-refractivity contribution in [3.8, 4) is 0 Å². The second-order valence-corrected chi connectivity index (χ2v) is 9.53. The summed E-state index contributed by atoms with van der Waals surface area (Å²) in [6.45, 7) is 6.77. The number of aryl methyl sites for hydroxylation is 1. The molecular formula is C26H36N2O3. The highest BCUT2D eigenvalue weighted by Crippen LogP contribution is 2.45. The van der Waals surface area contributed by atoms with Crippen molar-refractivity contribution < 1.29 is 14.3 Å². The van der Waals surface area contributed by atoms with Crippen molar-refractivity contribution in [2.75, 3.05) is 0 Å². The molecule has 31 heavy (non-hydrogen) atoms. The fourth-order valence-corrected chi connectivity index (χ4v) is 5.18. The Hall–Kier alpha value is -2.43. The third-order valence-electron chi connectivity index (χ3n) is 6.91. The van der Waals surface area contributed by atoms with Gasteiger partial charge in [0.05, 0.1) is 12.0 Å². The zero-order chi connectivity index (χ0) is 22.4. The summed E-state index contributed by atoms with van der Waals surface area (Å²) in [4.78, 5) is 28.5. The minimum Gasteiger partial charge on any atom is -0.459 e. The van der Waals surface area contributed by atoms with E-state index in [1.807, 2.05) is 17.8 Å². The molecule has 0 saturated carbocycles. The first kappa shape index (κ1) is 23.2. The number of aldehydes is 1. The lowest BCUT2D eigenvalue weighted by Gasteiger charge is -2.42. The van der Waals surface area contributed by atoms with Gasteiger partial charge in [-0.25, -0.2) is 9.78 Å². The summed E-state index contributed by atoms with van der Waals surface area (Å²) in [5, 5.41) is 0. The predicted molar refractivity (Wildman–Crippen MR) is 123 cm³/mol. The molecule has 5 unspecified atom stereocenters. The van der Waals surface area contributed by atoms with E-state index in [1.165, 1.54) is 11.6 Å². The van der Waals surface area contributed by atoms with Gasteiger partial charge in [-0.15, -0.1) is 0 Å². The van der Waals surface area contributed by atoms with Crippen LogP contribution in [0.5, 0.6) is 0 Å². The molecule has 1 heterocycles. The first-order valence-corrected chi connectivity index (χ1v) is 11.5. The topological polar surface area (TPSA) is 61.2 Å². The molecule has 1 aromatic rings. The number of hydrogen-bond donors (Lipinski definition) is 0. The lowest BCUT2D eigenvalue weighted by atomic mass is 9.63. The van der Waals surface area contributed by atoms with Crippen LogP contribution in [0.2, 0.25) is 0 Å². The molecular weight excluding hydrogens is 388 g/mol. The van der Waals surface area contributed by atoms with Gasteiger partial charge in [0, 0.05) is 31.7 Å². The van der Waals surface area contributed by atoms with Crippen molar-refractivity contribution >= 4 is 18.3 Å². The molecule has 0 fully saturated rings. The van der Waals surface area contributed by atoms with Gasteiger partial charge in [0.1, 0.15) is 12.4 Å². The van der Waals surface area contributed by atoms with Crippen molar-refractivity contribution in [2.24, 2.45) is 36.6 Å². The molecule has 2 aliphatic rings. The van der Waals surface area contributed by atoms with Crippen molar-refractivity contribution in [3.63, 3.8) is 0 Å². The summed E-state index contributed by atoms with van der Waals surface area (Å²) in [7, 11) is 1.89. The van der Waals surface area contributed by atoms with E-state index in [2.05, 4.69) is 44.0 Å². The van der Waals surface area contributed by atoms with Crippen molar-refractivity contribution in [3.05, 3.63) is 48.1 Å². The minimum atomic E-state index is -0.332. The lowest BCUT2D eigenvalue weighted by Crippen LogP contribution is -2.36. The largest absolute Gasteiger partial charge is 0.459 e. The molecule has 0 aromatic carbocycles. The minimum absolute atomic E-state index is 0.0660. The zero-order valence-corrected chi connectivity index (χ0v) is 19.2. The number of hydrogen-bond acceptors (Lipinski definition) is 4. The van der Waals surface area contributed by atoms with Crippen LogP contribution in [0.15, 0.2) is 42.4 Å². The predicted octanol–water partition coefficient (Wildman–Crippen LogP) is 5.15. The Morgan fingerprint density at radius 1 is 1.23 bits per heavy atom. The van der Waals surface area contributed by atoms with E-state index in [4.69, 9.17) is 4.74 Å². The van der Waals surface area contributed by atoms with Gasteiger partial charge in [0.25, 0.3) is 0 Å². The zero-order valence-electron chi connectivity index (χ0n) is 19.2. The molecule has 0 radical (unpaired) electrons. The molecule has 0 saturated heterocycles. The quantitative estimate of drug-likeness (QED) is 0.284. The number of allylic oxidation sites excluding steroid dienone is 3. The summed E-state index contributed by atoms with van der Waals surface area (Å²) in [6, 6.07) is 0. The molecule has 5 nitrogen and oxygen atoms in total. The number of aromatic nitrogens is 2. The average molecular weight is 425 g/mol. The number of carbonyl (C=O) groups excluding carboxylic acids is 2. The summed E-state index contributed by atoms with van der Waals surface area (Å²) < 4.78 is 7.73. The molecule has 5 atom stereocenters. The SMILES string of the molecule is CC1=CCC(C(C)C)C2CC(C=O)C/C=C\CC(OC(=O)/C=C/c3cn(C)cn3)CC12. The molecule has 2 aliphatic carbocycles. The van der Waals surface area contributed by atoms with E-state index < -0.39 is 0 Å². The van der Waals surface area contributed by atoms with Gasteiger partial charge in [-0.2, -0.15) is 0 Å². The molecule has 0 spiro atoms. The van der Waals surface area contributed by atoms with Crippen LogP contribution in [0.1, 0.15) is 58.6 Å². The fraction of sp³-hybridized carbons (Fsp3) is 0.577. The number of carbonyl (C=O) groups is 2. The van der Waals surface area contributed by atoms with Crippen LogP contribution in [-0.4, -0.2) is 27.9 Å². The smallest absolute Gasteiger partial charge is 0.331 e. The van der Waals surface area contributed by atoms with Gasteiger partial charge >= 0.3 is 5.97 Å². The molecule has 5 heteroatoms. The second kappa shape index (κ2) is 10.7. The Bertz CT molecular complexity index is 849. The average Bonchev–Trinajstić information content (AvgIpc) is 3.15. The Balaban J connectivity index is 1.78. The number of esters is 1. The van der Waals surface area contributed by atoms with Gasteiger partial charge < -0.3 is 14.1 Å². The van der Waals surface area contributed by atoms with Crippen molar-refractivity contribution in [1.82, 2.24) is 9.55 Å². The Morgan fingerprint density at radius 2 is 2.00 bits per heavy atom. The van der Waals surface area contributed by atoms with Gasteiger partial charge in [0.15, 0.2) is 0 Å². The highest BCUT2D eigenvalue weighted by Gasteiger charge is 2.38. The molecule has 0 bridgehead atoms. The van der Waals surface area contributed by atoms with Crippen LogP contribution in [-0.2, 0) is 21.4 Å². The van der Waals surface area contributed by atoms with E-state index in [-0.39, 0.29) is 18.0 Å². The Labute approximate surface area is 186 Å². The first-order chi connectivity index (χ1) is 14.9. The molecule has 0 amide bonds. The van der Waals surface area contributed by atoms with E-state index in [9.17, 15) is 9.59 Å². The van der Waals surface area contributed by atoms with Crippen LogP contribution >= 0.6 is 0 Å². The number of fused-ring (bicyclic) bond motifs is 1. The molecule has 1 aromatic heterocycles. The maximum atomic E-state index is 12.5. The van der Waals surface area contributed by atoms with E-state index in [0.717, 1.165) is 37.7 Å². The summed E-state index contributed by atoms with van der Waals surface area (Å²) in [6.07, 6.45) is 18.4. The summed E-state index contributed by atoms with van der Waals surface area (Å²) in [5.74, 6) is 1.63. The summed E-state index contributed by atoms with van der Waals surface area (Å²) in [5.41, 5.74) is 2.11. The van der Waals surface area contributed by atoms with E-state index >= 15 is 0 Å². The number of rotatable bonds is 5. The fourth-order valence-electron chi connectivity index (χ4n) is 5.18. The Kier molecular flexibility index (Phi) is 8.05. The van der Waals surface area contributed by atoms with Crippen molar-refractivity contribution in [2.45, 2.75) is 59.0 Å². The lowest BCUT2D eigenvalue weighted by molar-refractivity contribution is -0.143. The van der Waals surface area contributed by atoms with Crippen LogP contribution < -0.4 is 0 Å². The highest BCUT2D eigenvalue weighted by molar-refractivity contribution is 5.86. The first-order valence-electron chi connectivity index (χ1n) is 11.5. The normalized spacial score (nSPS) is 30.5. The summed E-state index contributed by atoms with van der Waals surface area (Å²) >= 11 is 0. The van der Waals surface area contributed by atoms with Gasteiger partial charge in [-0.05, 0) is 62.4 Å². The van der Waals surface area contributed by atoms with Crippen LogP contribution in [0.25, 0.3) is 6.08 Å². The van der Waals surface area contributed by atoms with Crippen molar-refractivity contribution in [1.29, 1.82) is 0 Å². The second-order valence-electron chi connectivity index (χ2n) is 9.53. The van der Waals surface area contributed by atoms with Gasteiger partial charge in [0.2, 0.25) is 0 Å². The van der Waals surface area contributed by atoms with Crippen LogP contribution in [0.4, 0.5) is 0 Å². The number of ether oxygens (including phenoxy) is 1. The van der Waals surface area contributed by atoms with Crippen LogP contribution in [0, 0.1) is 29.6 Å². The van der Waals surface area contributed by atoms with Crippen LogP contribution in [0.3, 0.4) is 0 Å². The monoisotopic (exact) mass is 424 g/mol. The van der Waals surface area contributed by atoms with E-state index in [0.29, 0.717) is 30.1 Å². The maximum absolute atomic E-state index is 12.5. The third kappa shape index (κ3) is 6.28. The van der Waals surface area contributed by atoms with E-state index in [1.54, 1.807) is 12.4 Å². The third-order valence-corrected chi connectivity index (χ3v) is 6.91. The maximum Gasteiger partial charge on any atom is 0.331 e. The molecule has 3 rings (SSSR count). The molecule has 168 valence electrons. The molecule has 0 aliphatic heterocycles. The van der Waals surface area contributed by atoms with Gasteiger partial charge in [-0.1, -0.05) is 37.6 Å². The number of imidazole rings is 1. The standard InChI is InChI=1S/C26H36N2O3/c1-18(2)23-11-9-19(3)24-14-22(8-6-5-7-20(16-29)13-25(23)24)31-26(30)12-10-21-15-28(4)17-27-21/h5-6,9-10,12,15-18,20,22-25H,7-8,11,13-14H2,1-4H3/b6-5-,12-10+. The highest BCUT2D eigenvalue weighted by atomic mass is 16.5. The molecule has 0 N–H and O–H groups in total. The number of nitrogens with zero attached hydrogens (tertiary/aromatic N) is 2. The Morgan fingerprint density at radius 3 is 2.68 bits per heavy atom. The van der Waals surface area contributed by atoms with Gasteiger partial charge in [-0.3, -0.25) is 0 Å².